The van der Waals surface area contributed by atoms with Gasteiger partial charge < -0.3 is 8.39 Å². The third kappa shape index (κ3) is 5.91. The molecule has 0 fully saturated rings. The van der Waals surface area contributed by atoms with E-state index in [0.717, 1.165) is 39.2 Å². The second kappa shape index (κ2) is 13.0. The number of nitro benzene ring substituents is 2. The van der Waals surface area contributed by atoms with Crippen molar-refractivity contribution in [2.75, 3.05) is 11.2 Å². The lowest BCUT2D eigenvalue weighted by molar-refractivity contribution is -0.385. The van der Waals surface area contributed by atoms with Gasteiger partial charge in [-0.3, -0.25) is 24.9 Å². The van der Waals surface area contributed by atoms with Crippen molar-refractivity contribution < 1.29 is 31.4 Å². The third-order valence-electron chi connectivity index (χ3n) is 10.1. The summed E-state index contributed by atoms with van der Waals surface area (Å²) in [6, 6.07) is 35.4. The quantitative estimate of drug-likeness (QED) is 0.127. The molecule has 0 N–H and O–H groups in total. The van der Waals surface area contributed by atoms with Crippen LogP contribution in [0.2, 0.25) is 0 Å². The van der Waals surface area contributed by atoms with Crippen LogP contribution in [0, 0.1) is 20.2 Å². The third-order valence-corrected chi connectivity index (χ3v) is 11.6. The molecule has 7 aromatic carbocycles. The average Bonchev–Trinajstić information content (AvgIpc) is 3.38. The summed E-state index contributed by atoms with van der Waals surface area (Å²) in [7, 11) is -2.23. The molecule has 1 aliphatic rings. The van der Waals surface area contributed by atoms with Crippen molar-refractivity contribution in [1.29, 1.82) is 0 Å². The molecule has 0 bridgehead atoms. The lowest BCUT2D eigenvalue weighted by atomic mass is 9.91. The van der Waals surface area contributed by atoms with Crippen LogP contribution < -0.4 is 4.67 Å². The Balaban J connectivity index is 1.49. The largest absolute Gasteiger partial charge is 0.416 e. The SMILES string of the molecule is O=[N+]([O-])c1ccc(-c2cc3ccccc3c3c2op(N2CCCc4ccc(C(F)(F)F)cc42)oc2c(-c4ccc([N+](=O)[O-])cc4)cc4ccccc4c23)cc1. The second-order valence-electron chi connectivity index (χ2n) is 13.3. The molecular weight excluding hydrogens is 730 g/mol. The average molecular weight is 758 g/mol. The van der Waals surface area contributed by atoms with E-state index in [2.05, 4.69) is 0 Å². The highest BCUT2D eigenvalue weighted by Crippen LogP contribution is 2.51. The van der Waals surface area contributed by atoms with Crippen LogP contribution in [-0.4, -0.2) is 16.4 Å². The predicted molar refractivity (Wildman–Crippen MR) is 208 cm³/mol. The maximum atomic E-state index is 14.2. The first kappa shape index (κ1) is 34.1. The van der Waals surface area contributed by atoms with Crippen LogP contribution in [-0.2, 0) is 12.6 Å². The van der Waals surface area contributed by atoms with Crippen LogP contribution in [0.4, 0.5) is 30.2 Å². The van der Waals surface area contributed by atoms with Gasteiger partial charge in [0.05, 0.1) is 21.1 Å². The molecule has 1 aromatic heterocycles. The molecule has 13 heteroatoms. The van der Waals surface area contributed by atoms with Crippen LogP contribution in [0.15, 0.2) is 136 Å². The van der Waals surface area contributed by atoms with E-state index in [1.165, 1.54) is 30.3 Å². The fraction of sp³-hybridized carbons (Fsp3) is 0.0952. The van der Waals surface area contributed by atoms with Gasteiger partial charge in [0.2, 0.25) is 0 Å². The smallest absolute Gasteiger partial charge is 0.403 e. The topological polar surface area (TPSA) is 116 Å². The maximum absolute atomic E-state index is 14.2. The Bertz CT molecular complexity index is 2750. The molecule has 0 spiro atoms. The van der Waals surface area contributed by atoms with Crippen molar-refractivity contribution in [1.82, 2.24) is 0 Å². The van der Waals surface area contributed by atoms with Gasteiger partial charge in [0.25, 0.3) is 11.4 Å². The number of hydrogen-bond acceptors (Lipinski definition) is 7. The molecule has 272 valence electrons. The Morgan fingerprint density at radius 1 is 0.636 bits per heavy atom. The summed E-state index contributed by atoms with van der Waals surface area (Å²) in [5, 5.41) is 27.9. The monoisotopic (exact) mass is 757 g/mol. The molecule has 0 unspecified atom stereocenters. The molecule has 0 aliphatic carbocycles. The van der Waals surface area contributed by atoms with Crippen LogP contribution in [0.25, 0.3) is 65.7 Å². The van der Waals surface area contributed by atoms with E-state index in [0.29, 0.717) is 69.3 Å². The summed E-state index contributed by atoms with van der Waals surface area (Å²) in [5.41, 5.74) is 3.39. The molecule has 0 radical (unpaired) electrons. The number of non-ortho nitro benzene ring substituents is 2. The lowest BCUT2D eigenvalue weighted by Gasteiger charge is -2.28. The van der Waals surface area contributed by atoms with Crippen molar-refractivity contribution in [3.8, 4) is 22.3 Å². The highest BCUT2D eigenvalue weighted by molar-refractivity contribution is 7.39. The summed E-state index contributed by atoms with van der Waals surface area (Å²) in [4.78, 5) is 22.3. The minimum Gasteiger partial charge on any atom is -0.403 e. The second-order valence-corrected chi connectivity index (χ2v) is 14.6. The van der Waals surface area contributed by atoms with E-state index >= 15 is 0 Å². The van der Waals surface area contributed by atoms with E-state index in [-0.39, 0.29) is 11.4 Å². The van der Waals surface area contributed by atoms with Crippen molar-refractivity contribution >= 4 is 68.7 Å². The normalized spacial score (nSPS) is 13.0. The van der Waals surface area contributed by atoms with E-state index in [1.807, 2.05) is 60.7 Å². The van der Waals surface area contributed by atoms with E-state index < -0.39 is 29.8 Å². The predicted octanol–water partition coefficient (Wildman–Crippen LogP) is 13.0. The van der Waals surface area contributed by atoms with E-state index in [4.69, 9.17) is 8.39 Å². The molecule has 0 atom stereocenters. The summed E-state index contributed by atoms with van der Waals surface area (Å²) in [6.07, 6.45) is -3.39. The lowest BCUT2D eigenvalue weighted by Crippen LogP contribution is -2.22. The molecule has 0 saturated heterocycles. The Labute approximate surface area is 310 Å². The van der Waals surface area contributed by atoms with Gasteiger partial charge in [-0.05, 0) is 99.6 Å². The Morgan fingerprint density at radius 3 is 1.60 bits per heavy atom. The molecule has 0 amide bonds. The number of anilines is 1. The zero-order chi connectivity index (χ0) is 38.0. The summed E-state index contributed by atoms with van der Waals surface area (Å²) in [5.74, 6) is 0. The molecule has 0 saturated carbocycles. The minimum absolute atomic E-state index is 0.0865. The van der Waals surface area contributed by atoms with Gasteiger partial charge in [-0.1, -0.05) is 54.6 Å². The molecule has 2 heterocycles. The minimum atomic E-state index is -4.58. The van der Waals surface area contributed by atoms with Gasteiger partial charge in [-0.25, -0.2) is 0 Å². The van der Waals surface area contributed by atoms with Crippen molar-refractivity contribution in [2.24, 2.45) is 0 Å². The van der Waals surface area contributed by atoms with Crippen LogP contribution >= 0.6 is 8.16 Å². The van der Waals surface area contributed by atoms with E-state index in [9.17, 15) is 33.4 Å². The number of halogens is 3. The molecule has 8 aromatic rings. The van der Waals surface area contributed by atoms with Crippen molar-refractivity contribution in [2.45, 2.75) is 19.0 Å². The number of benzene rings is 7. The number of nitro groups is 2. The van der Waals surface area contributed by atoms with Gasteiger partial charge in [0.15, 0.2) is 11.2 Å². The number of rotatable bonds is 5. The highest BCUT2D eigenvalue weighted by atomic mass is 31.1. The summed E-state index contributed by atoms with van der Waals surface area (Å²) in [6.45, 7) is 0.339. The Kier molecular flexibility index (Phi) is 8.09. The highest BCUT2D eigenvalue weighted by Gasteiger charge is 2.33. The molecule has 55 heavy (non-hydrogen) atoms. The first-order valence-corrected chi connectivity index (χ1v) is 18.4. The zero-order valence-corrected chi connectivity index (χ0v) is 29.5. The van der Waals surface area contributed by atoms with Crippen LogP contribution in [0.3, 0.4) is 0 Å². The fourth-order valence-electron chi connectivity index (χ4n) is 7.47. The van der Waals surface area contributed by atoms with Gasteiger partial charge in [-0.2, -0.15) is 13.2 Å². The van der Waals surface area contributed by atoms with E-state index in [1.54, 1.807) is 28.9 Å². The molecule has 1 aliphatic heterocycles. The zero-order valence-electron chi connectivity index (χ0n) is 28.6. The van der Waals surface area contributed by atoms with Crippen molar-refractivity contribution in [3.05, 3.63) is 159 Å². The number of nitrogens with zero attached hydrogens (tertiary/aromatic N) is 3. The summed E-state index contributed by atoms with van der Waals surface area (Å²) >= 11 is 0. The number of fused-ring (bicyclic) bond motifs is 8. The van der Waals surface area contributed by atoms with Gasteiger partial charge in [0, 0.05) is 52.7 Å². The fourth-order valence-corrected chi connectivity index (χ4v) is 9.06. The summed E-state index contributed by atoms with van der Waals surface area (Å²) < 4.78 is 58.4. The first-order chi connectivity index (χ1) is 26.5. The van der Waals surface area contributed by atoms with Crippen LogP contribution in [0.1, 0.15) is 17.5 Å². The number of alkyl halides is 3. The number of hydrogen-bond donors (Lipinski definition) is 0. The van der Waals surface area contributed by atoms with Crippen molar-refractivity contribution in [3.63, 3.8) is 0 Å². The molecule has 9 rings (SSSR count). The maximum Gasteiger partial charge on any atom is 0.416 e. The van der Waals surface area contributed by atoms with Gasteiger partial charge in [0.1, 0.15) is 0 Å². The number of aryl methyl sites for hydroxylation is 1. The van der Waals surface area contributed by atoms with Crippen LogP contribution in [0.5, 0.6) is 0 Å². The molecular formula is C42H27F3N3O6P. The van der Waals surface area contributed by atoms with Gasteiger partial charge >= 0.3 is 14.3 Å². The Morgan fingerprint density at radius 2 is 1.13 bits per heavy atom. The first-order valence-electron chi connectivity index (χ1n) is 17.3. The molecule has 9 nitrogen and oxygen atoms in total. The standard InChI is InChI=1S/C42H27F3N3O6P/c43-42(44,45)30-16-11-27-8-5-21-46(37(27)24-30)55-53-40-35(25-12-17-31(18-13-25)47(49)50)22-28-6-1-3-9-33(28)38(40)39-34-10-4-2-7-29(34)23-36(41(39)54-55)26-14-19-32(20-15-26)48(51)52/h1-4,6-7,9-20,22-24H,5,8,21H2. The van der Waals surface area contributed by atoms with Gasteiger partial charge in [-0.15, -0.1) is 0 Å². The Hall–Kier alpha value is -6.65.